The van der Waals surface area contributed by atoms with Crippen molar-refractivity contribution in [2.75, 3.05) is 19.6 Å². The standard InChI is InChI=1S/C29H32ClN3O4S/c1-20(2)23-11-13-27(14-12-23)38(36,37)33-16-15-32(21(3)34)19-28(33)29(35)31-18-22-7-9-24(10-8-22)25-5-4-6-26(30)17-25/h4-14,17,20,28H,15-16,18-19H2,1-3H3,(H,31,35). The van der Waals surface area contributed by atoms with Crippen LogP contribution >= 0.6 is 11.6 Å². The van der Waals surface area contributed by atoms with Crippen LogP contribution in [0, 0.1) is 0 Å². The number of hydrogen-bond acceptors (Lipinski definition) is 4. The first kappa shape index (κ1) is 27.8. The van der Waals surface area contributed by atoms with Crippen molar-refractivity contribution in [2.45, 2.75) is 44.2 Å². The van der Waals surface area contributed by atoms with Gasteiger partial charge in [0.25, 0.3) is 0 Å². The first-order chi connectivity index (χ1) is 18.1. The predicted molar refractivity (Wildman–Crippen MR) is 149 cm³/mol. The van der Waals surface area contributed by atoms with Gasteiger partial charge in [-0.05, 0) is 52.4 Å². The van der Waals surface area contributed by atoms with Gasteiger partial charge in [-0.1, -0.05) is 74.0 Å². The van der Waals surface area contributed by atoms with E-state index in [-0.39, 0.29) is 42.9 Å². The Morgan fingerprint density at radius 1 is 0.974 bits per heavy atom. The molecule has 1 saturated heterocycles. The van der Waals surface area contributed by atoms with Gasteiger partial charge in [-0.25, -0.2) is 8.42 Å². The number of hydrogen-bond donors (Lipinski definition) is 1. The van der Waals surface area contributed by atoms with Crippen molar-refractivity contribution in [2.24, 2.45) is 0 Å². The minimum absolute atomic E-state index is 0.00181. The van der Waals surface area contributed by atoms with Gasteiger partial charge in [0.05, 0.1) is 4.90 Å². The molecule has 4 rings (SSSR count). The Balaban J connectivity index is 1.50. The fraction of sp³-hybridized carbons (Fsp3) is 0.310. The van der Waals surface area contributed by atoms with Gasteiger partial charge in [0.2, 0.25) is 21.8 Å². The van der Waals surface area contributed by atoms with Crippen molar-refractivity contribution >= 4 is 33.4 Å². The number of benzene rings is 3. The van der Waals surface area contributed by atoms with Crippen molar-refractivity contribution in [3.05, 3.63) is 88.9 Å². The van der Waals surface area contributed by atoms with E-state index in [0.717, 1.165) is 22.3 Å². The van der Waals surface area contributed by atoms with Gasteiger partial charge in [-0.15, -0.1) is 0 Å². The quantitative estimate of drug-likeness (QED) is 0.461. The van der Waals surface area contributed by atoms with E-state index >= 15 is 0 Å². The van der Waals surface area contributed by atoms with Crippen LogP contribution in [0.1, 0.15) is 37.8 Å². The zero-order chi connectivity index (χ0) is 27.4. The Labute approximate surface area is 229 Å². The molecule has 38 heavy (non-hydrogen) atoms. The lowest BCUT2D eigenvalue weighted by molar-refractivity contribution is -0.134. The Morgan fingerprint density at radius 2 is 1.66 bits per heavy atom. The first-order valence-corrected chi connectivity index (χ1v) is 14.4. The van der Waals surface area contributed by atoms with Crippen molar-refractivity contribution in [3.63, 3.8) is 0 Å². The van der Waals surface area contributed by atoms with Gasteiger partial charge in [-0.3, -0.25) is 9.59 Å². The van der Waals surface area contributed by atoms with E-state index in [1.807, 2.05) is 62.4 Å². The number of sulfonamides is 1. The third kappa shape index (κ3) is 6.26. The molecule has 0 spiro atoms. The molecule has 1 unspecified atom stereocenters. The lowest BCUT2D eigenvalue weighted by Crippen LogP contribution is -2.61. The maximum atomic E-state index is 13.6. The Bertz CT molecular complexity index is 1410. The lowest BCUT2D eigenvalue weighted by Gasteiger charge is -2.39. The molecule has 0 aliphatic carbocycles. The van der Waals surface area contributed by atoms with Gasteiger partial charge in [0.1, 0.15) is 6.04 Å². The normalized spacial score (nSPS) is 16.4. The van der Waals surface area contributed by atoms with Crippen molar-refractivity contribution in [1.82, 2.24) is 14.5 Å². The number of amides is 2. The zero-order valence-electron chi connectivity index (χ0n) is 21.7. The second kappa shape index (κ2) is 11.7. The highest BCUT2D eigenvalue weighted by atomic mass is 35.5. The molecule has 1 atom stereocenters. The third-order valence-electron chi connectivity index (χ3n) is 6.81. The van der Waals surface area contributed by atoms with Crippen LogP contribution in [-0.4, -0.2) is 55.1 Å². The number of rotatable bonds is 7. The van der Waals surface area contributed by atoms with Gasteiger partial charge in [0.15, 0.2) is 0 Å². The van der Waals surface area contributed by atoms with E-state index in [1.54, 1.807) is 24.3 Å². The molecule has 0 aromatic heterocycles. The molecule has 200 valence electrons. The Kier molecular flexibility index (Phi) is 8.55. The molecule has 3 aromatic carbocycles. The number of nitrogens with zero attached hydrogens (tertiary/aromatic N) is 2. The third-order valence-corrected chi connectivity index (χ3v) is 8.97. The molecule has 9 heteroatoms. The topological polar surface area (TPSA) is 86.8 Å². The maximum Gasteiger partial charge on any atom is 0.243 e. The SMILES string of the molecule is CC(=O)N1CCN(S(=O)(=O)c2ccc(C(C)C)cc2)C(C(=O)NCc2ccc(-c3cccc(Cl)c3)cc2)C1. The van der Waals surface area contributed by atoms with Gasteiger partial charge in [0, 0.05) is 38.1 Å². The van der Waals surface area contributed by atoms with Crippen LogP contribution in [0.3, 0.4) is 0 Å². The van der Waals surface area contributed by atoms with Crippen LogP contribution in [0.25, 0.3) is 11.1 Å². The molecule has 1 aliphatic rings. The number of halogens is 1. The van der Waals surface area contributed by atoms with Gasteiger partial charge >= 0.3 is 0 Å². The number of carbonyl (C=O) groups excluding carboxylic acids is 2. The summed E-state index contributed by atoms with van der Waals surface area (Å²) in [6.07, 6.45) is 0. The van der Waals surface area contributed by atoms with E-state index in [1.165, 1.54) is 16.1 Å². The number of carbonyl (C=O) groups is 2. The molecule has 2 amide bonds. The summed E-state index contributed by atoms with van der Waals surface area (Å²) in [4.78, 5) is 27.0. The Hall–Kier alpha value is -3.20. The summed E-state index contributed by atoms with van der Waals surface area (Å²) < 4.78 is 28.3. The monoisotopic (exact) mass is 553 g/mol. The molecular weight excluding hydrogens is 522 g/mol. The summed E-state index contributed by atoms with van der Waals surface area (Å²) in [7, 11) is -3.95. The lowest BCUT2D eigenvalue weighted by atomic mass is 10.0. The average Bonchev–Trinajstić information content (AvgIpc) is 2.91. The van der Waals surface area contributed by atoms with Crippen LogP contribution in [-0.2, 0) is 26.2 Å². The Morgan fingerprint density at radius 3 is 2.26 bits per heavy atom. The van der Waals surface area contributed by atoms with E-state index in [9.17, 15) is 18.0 Å². The van der Waals surface area contributed by atoms with Crippen LogP contribution in [0.2, 0.25) is 5.02 Å². The van der Waals surface area contributed by atoms with E-state index in [2.05, 4.69) is 5.32 Å². The molecule has 0 radical (unpaired) electrons. The molecule has 3 aromatic rings. The molecule has 1 heterocycles. The van der Waals surface area contributed by atoms with Crippen LogP contribution in [0.4, 0.5) is 0 Å². The van der Waals surface area contributed by atoms with E-state index < -0.39 is 22.0 Å². The van der Waals surface area contributed by atoms with Crippen LogP contribution in [0.5, 0.6) is 0 Å². The second-order valence-corrected chi connectivity index (χ2v) is 12.1. The molecule has 7 nitrogen and oxygen atoms in total. The fourth-order valence-corrected chi connectivity index (χ4v) is 6.26. The highest BCUT2D eigenvalue weighted by molar-refractivity contribution is 7.89. The maximum absolute atomic E-state index is 13.6. The molecule has 1 fully saturated rings. The van der Waals surface area contributed by atoms with Gasteiger partial charge < -0.3 is 10.2 Å². The summed E-state index contributed by atoms with van der Waals surface area (Å²) in [6.45, 7) is 5.99. The summed E-state index contributed by atoms with van der Waals surface area (Å²) in [6, 6.07) is 21.0. The van der Waals surface area contributed by atoms with E-state index in [4.69, 9.17) is 11.6 Å². The van der Waals surface area contributed by atoms with Crippen molar-refractivity contribution in [3.8, 4) is 11.1 Å². The number of nitrogens with one attached hydrogen (secondary N) is 1. The van der Waals surface area contributed by atoms with Crippen molar-refractivity contribution < 1.29 is 18.0 Å². The highest BCUT2D eigenvalue weighted by Crippen LogP contribution is 2.25. The number of piperazine rings is 1. The molecule has 0 bridgehead atoms. The summed E-state index contributed by atoms with van der Waals surface area (Å²) in [5.41, 5.74) is 3.87. The summed E-state index contributed by atoms with van der Waals surface area (Å²) in [5, 5.41) is 3.52. The average molecular weight is 554 g/mol. The van der Waals surface area contributed by atoms with E-state index in [0.29, 0.717) is 5.02 Å². The minimum Gasteiger partial charge on any atom is -0.351 e. The molecule has 1 N–H and O–H groups in total. The summed E-state index contributed by atoms with van der Waals surface area (Å²) in [5.74, 6) is -0.376. The smallest absolute Gasteiger partial charge is 0.243 e. The van der Waals surface area contributed by atoms with Crippen LogP contribution in [0.15, 0.2) is 77.7 Å². The summed E-state index contributed by atoms with van der Waals surface area (Å²) >= 11 is 6.10. The minimum atomic E-state index is -3.95. The van der Waals surface area contributed by atoms with Gasteiger partial charge in [-0.2, -0.15) is 4.31 Å². The second-order valence-electron chi connectivity index (χ2n) is 9.75. The highest BCUT2D eigenvalue weighted by Gasteiger charge is 2.40. The molecular formula is C29H32ClN3O4S. The van der Waals surface area contributed by atoms with Crippen LogP contribution < -0.4 is 5.32 Å². The fourth-order valence-electron chi connectivity index (χ4n) is 4.50. The van der Waals surface area contributed by atoms with Crippen molar-refractivity contribution in [1.29, 1.82) is 0 Å². The predicted octanol–water partition coefficient (Wildman–Crippen LogP) is 4.67. The zero-order valence-corrected chi connectivity index (χ0v) is 23.3. The largest absolute Gasteiger partial charge is 0.351 e. The molecule has 0 saturated carbocycles. The molecule has 1 aliphatic heterocycles. The first-order valence-electron chi connectivity index (χ1n) is 12.6.